The monoisotopic (exact) mass is 295 g/mol. The number of benzene rings is 1. The highest BCUT2D eigenvalue weighted by Crippen LogP contribution is 2.27. The predicted octanol–water partition coefficient (Wildman–Crippen LogP) is 0.466. The Morgan fingerprint density at radius 3 is 2.81 bits per heavy atom. The van der Waals surface area contributed by atoms with E-state index in [0.29, 0.717) is 37.6 Å². The summed E-state index contributed by atoms with van der Waals surface area (Å²) in [5, 5.41) is 9.11. The predicted molar refractivity (Wildman–Crippen MR) is 76.7 cm³/mol. The first-order valence-electron chi connectivity index (χ1n) is 6.89. The van der Waals surface area contributed by atoms with Gasteiger partial charge in [-0.05, 0) is 17.7 Å². The number of hydrogen-bond acceptors (Lipinski definition) is 5. The number of morpholine rings is 1. The summed E-state index contributed by atoms with van der Waals surface area (Å²) < 4.78 is 15.8. The van der Waals surface area contributed by atoms with Gasteiger partial charge in [0.15, 0.2) is 11.5 Å². The van der Waals surface area contributed by atoms with E-state index < -0.39 is 0 Å². The number of aliphatic hydroxyl groups is 1. The highest BCUT2D eigenvalue weighted by atomic mass is 16.5. The zero-order valence-electron chi connectivity index (χ0n) is 12.4. The van der Waals surface area contributed by atoms with Crippen LogP contribution in [0.4, 0.5) is 0 Å². The quantitative estimate of drug-likeness (QED) is 0.855. The first-order chi connectivity index (χ1) is 10.2. The fourth-order valence-corrected chi connectivity index (χ4v) is 2.33. The van der Waals surface area contributed by atoms with E-state index in [1.807, 2.05) is 6.07 Å². The second-order valence-corrected chi connectivity index (χ2v) is 4.88. The molecule has 1 unspecified atom stereocenters. The normalized spacial score (nSPS) is 18.4. The Balaban J connectivity index is 2.02. The Bertz CT molecular complexity index is 491. The number of hydrogen-bond donors (Lipinski definition) is 1. The third-order valence-electron chi connectivity index (χ3n) is 3.50. The van der Waals surface area contributed by atoms with Crippen LogP contribution in [-0.2, 0) is 16.0 Å². The molecule has 6 nitrogen and oxygen atoms in total. The standard InChI is InChI=1S/C15H21NO5/c1-19-13-4-3-11(7-14(13)20-2)8-15(18)16-5-6-21-12(9-16)10-17/h3-4,7,12,17H,5-6,8-10H2,1-2H3. The molecule has 1 N–H and O–H groups in total. The van der Waals surface area contributed by atoms with Crippen molar-refractivity contribution in [2.45, 2.75) is 12.5 Å². The van der Waals surface area contributed by atoms with Crippen molar-refractivity contribution >= 4 is 5.91 Å². The molecule has 116 valence electrons. The van der Waals surface area contributed by atoms with Crippen molar-refractivity contribution in [3.8, 4) is 11.5 Å². The van der Waals surface area contributed by atoms with E-state index in [1.165, 1.54) is 0 Å². The summed E-state index contributed by atoms with van der Waals surface area (Å²) in [6.45, 7) is 1.38. The molecule has 1 saturated heterocycles. The number of aliphatic hydroxyl groups excluding tert-OH is 1. The Kier molecular flexibility index (Phi) is 5.41. The molecule has 21 heavy (non-hydrogen) atoms. The van der Waals surface area contributed by atoms with E-state index in [1.54, 1.807) is 31.3 Å². The molecule has 1 aliphatic heterocycles. The van der Waals surface area contributed by atoms with Crippen LogP contribution in [0.25, 0.3) is 0 Å². The zero-order chi connectivity index (χ0) is 15.2. The van der Waals surface area contributed by atoms with Gasteiger partial charge >= 0.3 is 0 Å². The van der Waals surface area contributed by atoms with Gasteiger partial charge in [0.2, 0.25) is 5.91 Å². The highest BCUT2D eigenvalue weighted by molar-refractivity contribution is 5.79. The molecule has 1 aromatic carbocycles. The van der Waals surface area contributed by atoms with E-state index in [2.05, 4.69) is 0 Å². The Hall–Kier alpha value is -1.79. The van der Waals surface area contributed by atoms with E-state index in [4.69, 9.17) is 19.3 Å². The van der Waals surface area contributed by atoms with Gasteiger partial charge in [0.05, 0.1) is 40.0 Å². The third-order valence-corrected chi connectivity index (χ3v) is 3.50. The highest BCUT2D eigenvalue weighted by Gasteiger charge is 2.23. The summed E-state index contributed by atoms with van der Waals surface area (Å²) in [5.41, 5.74) is 0.865. The molecule has 0 aromatic heterocycles. The Morgan fingerprint density at radius 2 is 2.14 bits per heavy atom. The van der Waals surface area contributed by atoms with Crippen molar-refractivity contribution in [1.29, 1.82) is 0 Å². The molecular weight excluding hydrogens is 274 g/mol. The van der Waals surface area contributed by atoms with Crippen LogP contribution in [0, 0.1) is 0 Å². The molecule has 1 aromatic rings. The zero-order valence-corrected chi connectivity index (χ0v) is 12.4. The van der Waals surface area contributed by atoms with Gasteiger partial charge in [-0.3, -0.25) is 4.79 Å². The molecule has 1 fully saturated rings. The number of methoxy groups -OCH3 is 2. The van der Waals surface area contributed by atoms with Gasteiger partial charge in [-0.2, -0.15) is 0 Å². The minimum atomic E-state index is -0.284. The Morgan fingerprint density at radius 1 is 1.38 bits per heavy atom. The summed E-state index contributed by atoms with van der Waals surface area (Å²) in [6, 6.07) is 5.45. The molecule has 0 radical (unpaired) electrons. The van der Waals surface area contributed by atoms with Gasteiger partial charge in [0.1, 0.15) is 0 Å². The van der Waals surface area contributed by atoms with Gasteiger partial charge in [-0.1, -0.05) is 6.07 Å². The van der Waals surface area contributed by atoms with Crippen molar-refractivity contribution in [2.24, 2.45) is 0 Å². The van der Waals surface area contributed by atoms with Crippen LogP contribution in [0.15, 0.2) is 18.2 Å². The first-order valence-corrected chi connectivity index (χ1v) is 6.89. The van der Waals surface area contributed by atoms with Gasteiger partial charge in [0, 0.05) is 13.1 Å². The lowest BCUT2D eigenvalue weighted by Crippen LogP contribution is -2.47. The van der Waals surface area contributed by atoms with Crippen molar-refractivity contribution in [3.63, 3.8) is 0 Å². The summed E-state index contributed by atoms with van der Waals surface area (Å²) >= 11 is 0. The maximum Gasteiger partial charge on any atom is 0.227 e. The number of carbonyl (C=O) groups excluding carboxylic acids is 1. The second-order valence-electron chi connectivity index (χ2n) is 4.88. The lowest BCUT2D eigenvalue weighted by atomic mass is 10.1. The molecule has 0 aliphatic carbocycles. The van der Waals surface area contributed by atoms with Gasteiger partial charge < -0.3 is 24.2 Å². The summed E-state index contributed by atoms with van der Waals surface area (Å²) in [6.07, 6.45) is 0.00602. The number of carbonyl (C=O) groups is 1. The molecular formula is C15H21NO5. The molecule has 6 heteroatoms. The molecule has 0 bridgehead atoms. The molecule has 0 saturated carbocycles. The number of rotatable bonds is 5. The van der Waals surface area contributed by atoms with Crippen LogP contribution >= 0.6 is 0 Å². The molecule has 1 amide bonds. The molecule has 1 aliphatic rings. The summed E-state index contributed by atoms with van der Waals surface area (Å²) in [4.78, 5) is 14.0. The largest absolute Gasteiger partial charge is 0.493 e. The van der Waals surface area contributed by atoms with E-state index >= 15 is 0 Å². The number of ether oxygens (including phenoxy) is 3. The van der Waals surface area contributed by atoms with Crippen LogP contribution in [-0.4, -0.2) is 62.5 Å². The second kappa shape index (κ2) is 7.28. The van der Waals surface area contributed by atoms with E-state index in [9.17, 15) is 4.79 Å². The fraction of sp³-hybridized carbons (Fsp3) is 0.533. The molecule has 2 rings (SSSR count). The van der Waals surface area contributed by atoms with E-state index in [-0.39, 0.29) is 18.6 Å². The summed E-state index contributed by atoms with van der Waals surface area (Å²) in [7, 11) is 3.14. The SMILES string of the molecule is COc1ccc(CC(=O)N2CCOC(CO)C2)cc1OC. The topological polar surface area (TPSA) is 68.2 Å². The maximum atomic E-state index is 12.3. The third kappa shape index (κ3) is 3.86. The smallest absolute Gasteiger partial charge is 0.227 e. The average molecular weight is 295 g/mol. The lowest BCUT2D eigenvalue weighted by molar-refractivity contribution is -0.139. The first kappa shape index (κ1) is 15.6. The van der Waals surface area contributed by atoms with Crippen LogP contribution in [0.2, 0.25) is 0 Å². The molecule has 1 atom stereocenters. The van der Waals surface area contributed by atoms with Gasteiger partial charge in [0.25, 0.3) is 0 Å². The fourth-order valence-electron chi connectivity index (χ4n) is 2.33. The molecule has 0 spiro atoms. The van der Waals surface area contributed by atoms with Crippen LogP contribution in [0.5, 0.6) is 11.5 Å². The van der Waals surface area contributed by atoms with Crippen LogP contribution in [0.3, 0.4) is 0 Å². The van der Waals surface area contributed by atoms with Crippen LogP contribution in [0.1, 0.15) is 5.56 Å². The van der Waals surface area contributed by atoms with E-state index in [0.717, 1.165) is 5.56 Å². The minimum absolute atomic E-state index is 0.0176. The van der Waals surface area contributed by atoms with Crippen molar-refractivity contribution in [3.05, 3.63) is 23.8 Å². The lowest BCUT2D eigenvalue weighted by Gasteiger charge is -2.32. The van der Waals surface area contributed by atoms with Gasteiger partial charge in [-0.15, -0.1) is 0 Å². The Labute approximate surface area is 124 Å². The average Bonchev–Trinajstić information content (AvgIpc) is 2.54. The van der Waals surface area contributed by atoms with Gasteiger partial charge in [-0.25, -0.2) is 0 Å². The maximum absolute atomic E-state index is 12.3. The van der Waals surface area contributed by atoms with Crippen molar-refractivity contribution in [2.75, 3.05) is 40.5 Å². The summed E-state index contributed by atoms with van der Waals surface area (Å²) in [5.74, 6) is 1.27. The van der Waals surface area contributed by atoms with Crippen molar-refractivity contribution < 1.29 is 24.1 Å². The minimum Gasteiger partial charge on any atom is -0.493 e. The molecule has 1 heterocycles. The number of amides is 1. The van der Waals surface area contributed by atoms with Crippen molar-refractivity contribution in [1.82, 2.24) is 4.90 Å². The van der Waals surface area contributed by atoms with Crippen LogP contribution < -0.4 is 9.47 Å². The number of nitrogens with zero attached hydrogens (tertiary/aromatic N) is 1.